The molecule has 27 heavy (non-hydrogen) atoms. The number of amides is 2. The number of benzene rings is 1. The zero-order chi connectivity index (χ0) is 19.6. The predicted octanol–water partition coefficient (Wildman–Crippen LogP) is 5.19. The Hall–Kier alpha value is -1.79. The molecule has 0 saturated heterocycles. The molecular weight excluding hydrogens is 384 g/mol. The van der Waals surface area contributed by atoms with Crippen LogP contribution >= 0.6 is 23.4 Å². The summed E-state index contributed by atoms with van der Waals surface area (Å²) in [6.45, 7) is 4.20. The molecule has 0 radical (unpaired) electrons. The lowest BCUT2D eigenvalue weighted by Gasteiger charge is -2.10. The van der Waals surface area contributed by atoms with E-state index in [0.29, 0.717) is 22.3 Å². The van der Waals surface area contributed by atoms with Crippen LogP contribution in [0, 0.1) is 0 Å². The minimum absolute atomic E-state index is 0.263. The SMILES string of the molecule is CCCCCCCCOc1ccc(Cl)cc1C=C1SC(NC(C)=O)=NC1=O. The topological polar surface area (TPSA) is 67.8 Å². The number of aliphatic imine (C=N–C) groups is 1. The fraction of sp³-hybridized carbons (Fsp3) is 0.450. The van der Waals surface area contributed by atoms with Crippen LogP contribution in [0.3, 0.4) is 0 Å². The summed E-state index contributed by atoms with van der Waals surface area (Å²) >= 11 is 7.23. The number of halogens is 1. The lowest BCUT2D eigenvalue weighted by molar-refractivity contribution is -0.117. The van der Waals surface area contributed by atoms with Crippen LogP contribution in [0.2, 0.25) is 5.02 Å². The molecule has 2 amide bonds. The van der Waals surface area contributed by atoms with E-state index in [-0.39, 0.29) is 17.0 Å². The van der Waals surface area contributed by atoms with Gasteiger partial charge in [0.1, 0.15) is 5.75 Å². The smallest absolute Gasteiger partial charge is 0.286 e. The van der Waals surface area contributed by atoms with Gasteiger partial charge >= 0.3 is 0 Å². The molecule has 0 saturated carbocycles. The molecule has 0 atom stereocenters. The van der Waals surface area contributed by atoms with E-state index in [0.717, 1.165) is 30.2 Å². The predicted molar refractivity (Wildman–Crippen MR) is 112 cm³/mol. The second-order valence-corrected chi connectivity index (χ2v) is 7.78. The molecule has 5 nitrogen and oxygen atoms in total. The van der Waals surface area contributed by atoms with Crippen LogP contribution in [0.1, 0.15) is 57.9 Å². The van der Waals surface area contributed by atoms with Gasteiger partial charge in [0.15, 0.2) is 5.17 Å². The molecule has 1 aromatic rings. The van der Waals surface area contributed by atoms with Crippen molar-refractivity contribution in [2.75, 3.05) is 6.61 Å². The standard InChI is InChI=1S/C20H25ClN2O3S/c1-3-4-5-6-7-8-11-26-17-10-9-16(21)12-15(17)13-18-19(25)23-20(27-18)22-14(2)24/h9-10,12-13H,3-8,11H2,1-2H3,(H,22,23,24,25). The molecule has 7 heteroatoms. The third-order valence-corrected chi connectivity index (χ3v) is 5.05. The molecule has 2 rings (SSSR count). The Morgan fingerprint density at radius 1 is 1.26 bits per heavy atom. The number of carbonyl (C=O) groups is 2. The van der Waals surface area contributed by atoms with E-state index in [2.05, 4.69) is 17.2 Å². The molecule has 1 aliphatic rings. The normalized spacial score (nSPS) is 15.1. The van der Waals surface area contributed by atoms with Crippen molar-refractivity contribution in [3.8, 4) is 5.75 Å². The number of unbranched alkanes of at least 4 members (excludes halogenated alkanes) is 5. The summed E-state index contributed by atoms with van der Waals surface area (Å²) in [7, 11) is 0. The number of nitrogens with zero attached hydrogens (tertiary/aromatic N) is 1. The van der Waals surface area contributed by atoms with Crippen molar-refractivity contribution in [1.29, 1.82) is 0 Å². The molecule has 0 fully saturated rings. The molecule has 1 N–H and O–H groups in total. The zero-order valence-corrected chi connectivity index (χ0v) is 17.3. The highest BCUT2D eigenvalue weighted by atomic mass is 35.5. The van der Waals surface area contributed by atoms with Crippen LogP contribution in [-0.4, -0.2) is 23.6 Å². The van der Waals surface area contributed by atoms with E-state index < -0.39 is 0 Å². The van der Waals surface area contributed by atoms with Crippen molar-refractivity contribution in [1.82, 2.24) is 5.32 Å². The van der Waals surface area contributed by atoms with Crippen LogP contribution in [0.5, 0.6) is 5.75 Å². The highest BCUT2D eigenvalue weighted by molar-refractivity contribution is 8.18. The van der Waals surface area contributed by atoms with E-state index in [4.69, 9.17) is 16.3 Å². The molecular formula is C20H25ClN2O3S. The Kier molecular flexibility index (Phi) is 8.88. The summed E-state index contributed by atoms with van der Waals surface area (Å²) in [5.74, 6) is 0.0356. The summed E-state index contributed by atoms with van der Waals surface area (Å²) in [6, 6.07) is 5.34. The van der Waals surface area contributed by atoms with Crippen molar-refractivity contribution < 1.29 is 14.3 Å². The van der Waals surface area contributed by atoms with E-state index in [1.165, 1.54) is 32.6 Å². The van der Waals surface area contributed by atoms with Gasteiger partial charge < -0.3 is 10.1 Å². The minimum atomic E-state index is -0.384. The lowest BCUT2D eigenvalue weighted by atomic mass is 10.1. The van der Waals surface area contributed by atoms with Crippen LogP contribution in [-0.2, 0) is 9.59 Å². The van der Waals surface area contributed by atoms with Gasteiger partial charge in [-0.05, 0) is 42.5 Å². The monoisotopic (exact) mass is 408 g/mol. The first-order chi connectivity index (χ1) is 13.0. The number of hydrogen-bond donors (Lipinski definition) is 1. The summed E-state index contributed by atoms with van der Waals surface area (Å²) in [5.41, 5.74) is 0.726. The number of rotatable bonds is 9. The third-order valence-electron chi connectivity index (χ3n) is 3.92. The minimum Gasteiger partial charge on any atom is -0.493 e. The molecule has 0 aromatic heterocycles. The van der Waals surface area contributed by atoms with Gasteiger partial charge in [-0.2, -0.15) is 4.99 Å². The second-order valence-electron chi connectivity index (χ2n) is 6.31. The molecule has 0 unspecified atom stereocenters. The van der Waals surface area contributed by atoms with Gasteiger partial charge in [0, 0.05) is 17.5 Å². The van der Waals surface area contributed by atoms with Crippen LogP contribution in [0.4, 0.5) is 0 Å². The highest BCUT2D eigenvalue weighted by Gasteiger charge is 2.23. The van der Waals surface area contributed by atoms with Crippen molar-refractivity contribution in [3.05, 3.63) is 33.7 Å². The lowest BCUT2D eigenvalue weighted by Crippen LogP contribution is -2.23. The fourth-order valence-corrected chi connectivity index (χ4v) is 3.61. The van der Waals surface area contributed by atoms with Crippen molar-refractivity contribution in [2.24, 2.45) is 4.99 Å². The van der Waals surface area contributed by atoms with Crippen LogP contribution in [0.25, 0.3) is 6.08 Å². The van der Waals surface area contributed by atoms with E-state index in [1.54, 1.807) is 18.2 Å². The Labute approximate surface area is 169 Å². The number of hydrogen-bond acceptors (Lipinski definition) is 4. The van der Waals surface area contributed by atoms with Gasteiger partial charge in [-0.25, -0.2) is 0 Å². The third kappa shape index (κ3) is 7.39. The highest BCUT2D eigenvalue weighted by Crippen LogP contribution is 2.32. The first kappa shape index (κ1) is 21.5. The number of ether oxygens (including phenoxy) is 1. The first-order valence-corrected chi connectivity index (χ1v) is 10.4. The van der Waals surface area contributed by atoms with Gasteiger partial charge in [0.2, 0.25) is 5.91 Å². The first-order valence-electron chi connectivity index (χ1n) is 9.22. The molecule has 0 bridgehead atoms. The van der Waals surface area contributed by atoms with Gasteiger partial charge in [-0.15, -0.1) is 0 Å². The van der Waals surface area contributed by atoms with Gasteiger partial charge in [-0.1, -0.05) is 50.6 Å². The molecule has 146 valence electrons. The van der Waals surface area contributed by atoms with Crippen molar-refractivity contribution >= 4 is 46.4 Å². The maximum absolute atomic E-state index is 12.1. The van der Waals surface area contributed by atoms with Crippen LogP contribution < -0.4 is 10.1 Å². The summed E-state index contributed by atoms with van der Waals surface area (Å²) in [6.07, 6.45) is 8.85. The molecule has 1 aliphatic heterocycles. The van der Waals surface area contributed by atoms with Gasteiger partial charge in [0.25, 0.3) is 5.91 Å². The maximum atomic E-state index is 12.1. The Morgan fingerprint density at radius 2 is 2.00 bits per heavy atom. The van der Waals surface area contributed by atoms with Crippen molar-refractivity contribution in [3.63, 3.8) is 0 Å². The van der Waals surface area contributed by atoms with Gasteiger partial charge in [-0.3, -0.25) is 9.59 Å². The molecule has 1 aromatic carbocycles. The van der Waals surface area contributed by atoms with Gasteiger partial charge in [0.05, 0.1) is 11.5 Å². The number of thioether (sulfide) groups is 1. The maximum Gasteiger partial charge on any atom is 0.286 e. The second kappa shape index (κ2) is 11.1. The quantitative estimate of drug-likeness (QED) is 0.451. The molecule has 1 heterocycles. The Bertz CT molecular complexity index is 747. The van der Waals surface area contributed by atoms with E-state index >= 15 is 0 Å². The Balaban J connectivity index is 1.97. The van der Waals surface area contributed by atoms with Crippen LogP contribution in [0.15, 0.2) is 28.1 Å². The number of carbonyl (C=O) groups excluding carboxylic acids is 2. The molecule has 0 spiro atoms. The largest absolute Gasteiger partial charge is 0.493 e. The summed E-state index contributed by atoms with van der Waals surface area (Å²) < 4.78 is 5.90. The number of amidine groups is 1. The fourth-order valence-electron chi connectivity index (χ4n) is 2.58. The Morgan fingerprint density at radius 3 is 2.74 bits per heavy atom. The summed E-state index contributed by atoms with van der Waals surface area (Å²) in [5, 5.41) is 3.38. The van der Waals surface area contributed by atoms with E-state index in [1.807, 2.05) is 6.07 Å². The zero-order valence-electron chi connectivity index (χ0n) is 15.7. The molecule has 0 aliphatic carbocycles. The average Bonchev–Trinajstić information content (AvgIpc) is 2.94. The van der Waals surface area contributed by atoms with E-state index in [9.17, 15) is 9.59 Å². The average molecular weight is 409 g/mol. The van der Waals surface area contributed by atoms with Crippen molar-refractivity contribution in [2.45, 2.75) is 52.4 Å². The summed E-state index contributed by atoms with van der Waals surface area (Å²) in [4.78, 5) is 27.4. The number of nitrogens with one attached hydrogen (secondary N) is 1.